The van der Waals surface area contributed by atoms with Gasteiger partial charge in [0.2, 0.25) is 0 Å². The van der Waals surface area contributed by atoms with Crippen molar-refractivity contribution in [3.63, 3.8) is 0 Å². The number of carbonyl (C=O) groups excluding carboxylic acids is 1. The zero-order valence-electron chi connectivity index (χ0n) is 12.8. The Morgan fingerprint density at radius 2 is 2.10 bits per heavy atom. The van der Waals surface area contributed by atoms with Gasteiger partial charge in [0.15, 0.2) is 0 Å². The molecule has 0 saturated carbocycles. The van der Waals surface area contributed by atoms with Crippen LogP contribution in [0.15, 0.2) is 23.6 Å². The highest BCUT2D eigenvalue weighted by Crippen LogP contribution is 2.26. The first kappa shape index (κ1) is 15.5. The summed E-state index contributed by atoms with van der Waals surface area (Å²) in [7, 11) is 0. The molecule has 2 aromatic rings. The third-order valence-electron chi connectivity index (χ3n) is 2.97. The molecule has 5 heteroatoms. The minimum absolute atomic E-state index is 0.0324. The molecule has 0 aliphatic rings. The predicted molar refractivity (Wildman–Crippen MR) is 84.8 cm³/mol. The van der Waals surface area contributed by atoms with E-state index in [9.17, 15) is 4.79 Å². The van der Waals surface area contributed by atoms with Gasteiger partial charge in [0, 0.05) is 10.8 Å². The number of nitrogens with zero attached hydrogens (tertiary/aromatic N) is 1. The zero-order valence-corrected chi connectivity index (χ0v) is 13.6. The van der Waals surface area contributed by atoms with Gasteiger partial charge < -0.3 is 10.5 Å². The lowest BCUT2D eigenvalue weighted by Crippen LogP contribution is -2.13. The molecule has 112 valence electrons. The minimum atomic E-state index is -0.487. The minimum Gasteiger partial charge on any atom is -0.486 e. The van der Waals surface area contributed by atoms with Crippen LogP contribution in [0.1, 0.15) is 47.4 Å². The van der Waals surface area contributed by atoms with Crippen LogP contribution < -0.4 is 10.5 Å². The number of primary amides is 1. The van der Waals surface area contributed by atoms with E-state index in [4.69, 9.17) is 10.5 Å². The van der Waals surface area contributed by atoms with Crippen molar-refractivity contribution < 1.29 is 9.53 Å². The van der Waals surface area contributed by atoms with Crippen molar-refractivity contribution in [2.45, 2.75) is 39.7 Å². The van der Waals surface area contributed by atoms with Crippen molar-refractivity contribution in [3.05, 3.63) is 45.4 Å². The van der Waals surface area contributed by atoms with E-state index in [-0.39, 0.29) is 5.41 Å². The van der Waals surface area contributed by atoms with E-state index in [1.54, 1.807) is 17.4 Å². The number of carbonyl (C=O) groups is 1. The normalized spacial score (nSPS) is 11.4. The van der Waals surface area contributed by atoms with Crippen LogP contribution in [-0.2, 0) is 12.0 Å². The first-order valence-electron chi connectivity index (χ1n) is 6.75. The molecule has 1 aromatic carbocycles. The summed E-state index contributed by atoms with van der Waals surface area (Å²) >= 11 is 1.62. The highest BCUT2D eigenvalue weighted by Gasteiger charge is 2.18. The fourth-order valence-electron chi connectivity index (χ4n) is 1.82. The van der Waals surface area contributed by atoms with Gasteiger partial charge in [-0.25, -0.2) is 4.98 Å². The molecule has 0 saturated heterocycles. The summed E-state index contributed by atoms with van der Waals surface area (Å²) in [5.41, 5.74) is 7.67. The molecule has 0 bridgehead atoms. The van der Waals surface area contributed by atoms with E-state index >= 15 is 0 Å². The van der Waals surface area contributed by atoms with E-state index in [0.717, 1.165) is 16.3 Å². The van der Waals surface area contributed by atoms with Crippen molar-refractivity contribution in [3.8, 4) is 5.75 Å². The Hall–Kier alpha value is -1.88. The molecule has 0 radical (unpaired) electrons. The van der Waals surface area contributed by atoms with E-state index in [2.05, 4.69) is 25.8 Å². The number of amides is 1. The Bertz CT molecular complexity index is 657. The maximum atomic E-state index is 11.4. The van der Waals surface area contributed by atoms with Gasteiger partial charge in [-0.3, -0.25) is 4.79 Å². The third-order valence-corrected chi connectivity index (χ3v) is 4.29. The van der Waals surface area contributed by atoms with Gasteiger partial charge in [0.05, 0.1) is 16.3 Å². The number of aryl methyl sites for hydroxylation is 1. The average Bonchev–Trinajstić information content (AvgIpc) is 2.84. The number of rotatable bonds is 4. The maximum Gasteiger partial charge on any atom is 0.252 e. The van der Waals surface area contributed by atoms with Crippen molar-refractivity contribution >= 4 is 17.2 Å². The topological polar surface area (TPSA) is 65.2 Å². The first-order valence-corrected chi connectivity index (χ1v) is 7.63. The van der Waals surface area contributed by atoms with E-state index in [1.807, 2.05) is 24.4 Å². The molecule has 1 aromatic heterocycles. The molecular formula is C16H20N2O2S. The number of hydrogen-bond acceptors (Lipinski definition) is 4. The van der Waals surface area contributed by atoms with Crippen LogP contribution in [0.4, 0.5) is 0 Å². The lowest BCUT2D eigenvalue weighted by molar-refractivity contribution is 0.0996. The van der Waals surface area contributed by atoms with E-state index in [0.29, 0.717) is 17.9 Å². The van der Waals surface area contributed by atoms with E-state index < -0.39 is 5.91 Å². The molecule has 2 rings (SSSR count). The van der Waals surface area contributed by atoms with Crippen molar-refractivity contribution in [2.24, 2.45) is 5.73 Å². The Labute approximate surface area is 129 Å². The summed E-state index contributed by atoms with van der Waals surface area (Å²) in [6.45, 7) is 8.65. The Morgan fingerprint density at radius 1 is 1.38 bits per heavy atom. The van der Waals surface area contributed by atoms with Crippen molar-refractivity contribution in [1.29, 1.82) is 0 Å². The fourth-order valence-corrected chi connectivity index (χ4v) is 2.71. The van der Waals surface area contributed by atoms with E-state index in [1.165, 1.54) is 0 Å². The van der Waals surface area contributed by atoms with Crippen LogP contribution >= 0.6 is 11.3 Å². The first-order chi connectivity index (χ1) is 9.77. The molecular weight excluding hydrogens is 284 g/mol. The second kappa shape index (κ2) is 5.85. The molecule has 2 N–H and O–H groups in total. The SMILES string of the molecule is Cc1ccc(C(N)=O)c(OCc2csc(C(C)(C)C)n2)c1. The van der Waals surface area contributed by atoms with Gasteiger partial charge in [-0.15, -0.1) is 11.3 Å². The Morgan fingerprint density at radius 3 is 2.67 bits per heavy atom. The number of hydrogen-bond donors (Lipinski definition) is 1. The van der Waals surface area contributed by atoms with Crippen LogP contribution in [-0.4, -0.2) is 10.9 Å². The molecule has 0 unspecified atom stereocenters. The van der Waals surface area contributed by atoms with Crippen molar-refractivity contribution in [1.82, 2.24) is 4.98 Å². The molecule has 21 heavy (non-hydrogen) atoms. The second-order valence-corrected chi connectivity index (χ2v) is 6.90. The van der Waals surface area contributed by atoms with Crippen LogP contribution in [0.25, 0.3) is 0 Å². The molecule has 4 nitrogen and oxygen atoms in total. The molecule has 1 amide bonds. The van der Waals surface area contributed by atoms with Crippen LogP contribution in [0.5, 0.6) is 5.75 Å². The van der Waals surface area contributed by atoms with Crippen LogP contribution in [0, 0.1) is 6.92 Å². The lowest BCUT2D eigenvalue weighted by Gasteiger charge is -2.13. The van der Waals surface area contributed by atoms with Gasteiger partial charge in [-0.2, -0.15) is 0 Å². The lowest BCUT2D eigenvalue weighted by atomic mass is 9.98. The number of aromatic nitrogens is 1. The molecule has 0 fully saturated rings. The maximum absolute atomic E-state index is 11.4. The van der Waals surface area contributed by atoms with Gasteiger partial charge in [-0.05, 0) is 24.6 Å². The monoisotopic (exact) mass is 304 g/mol. The number of thiazole rings is 1. The number of benzene rings is 1. The molecule has 1 heterocycles. The molecule has 0 atom stereocenters. The predicted octanol–water partition coefficient (Wildman–Crippen LogP) is 3.43. The van der Waals surface area contributed by atoms with Gasteiger partial charge in [-0.1, -0.05) is 26.8 Å². The van der Waals surface area contributed by atoms with Crippen LogP contribution in [0.2, 0.25) is 0 Å². The molecule has 0 spiro atoms. The van der Waals surface area contributed by atoms with Crippen LogP contribution in [0.3, 0.4) is 0 Å². The molecule has 0 aliphatic carbocycles. The fraction of sp³-hybridized carbons (Fsp3) is 0.375. The summed E-state index contributed by atoms with van der Waals surface area (Å²) in [6.07, 6.45) is 0. The standard InChI is InChI=1S/C16H20N2O2S/c1-10-5-6-12(14(17)19)13(7-10)20-8-11-9-21-15(18-11)16(2,3)4/h5-7,9H,8H2,1-4H3,(H2,17,19). The third kappa shape index (κ3) is 3.82. The highest BCUT2D eigenvalue weighted by atomic mass is 32.1. The zero-order chi connectivity index (χ0) is 15.6. The highest BCUT2D eigenvalue weighted by molar-refractivity contribution is 7.09. The van der Waals surface area contributed by atoms with Gasteiger partial charge >= 0.3 is 0 Å². The summed E-state index contributed by atoms with van der Waals surface area (Å²) in [5.74, 6) is 0.0199. The summed E-state index contributed by atoms with van der Waals surface area (Å²) < 4.78 is 5.73. The number of nitrogens with two attached hydrogens (primary N) is 1. The van der Waals surface area contributed by atoms with Gasteiger partial charge in [0.1, 0.15) is 12.4 Å². The molecule has 0 aliphatic heterocycles. The Balaban J connectivity index is 2.15. The van der Waals surface area contributed by atoms with Crippen molar-refractivity contribution in [2.75, 3.05) is 0 Å². The summed E-state index contributed by atoms with van der Waals surface area (Å²) in [5, 5.41) is 3.06. The number of ether oxygens (including phenoxy) is 1. The summed E-state index contributed by atoms with van der Waals surface area (Å²) in [6, 6.07) is 5.35. The summed E-state index contributed by atoms with van der Waals surface area (Å²) in [4.78, 5) is 16.0. The van der Waals surface area contributed by atoms with Gasteiger partial charge in [0.25, 0.3) is 5.91 Å². The average molecular weight is 304 g/mol. The second-order valence-electron chi connectivity index (χ2n) is 6.05. The quantitative estimate of drug-likeness (QED) is 0.941. The smallest absolute Gasteiger partial charge is 0.252 e. The Kier molecular flexibility index (Phi) is 4.32. The largest absolute Gasteiger partial charge is 0.486 e.